The zero-order valence-corrected chi connectivity index (χ0v) is 14.6. The second kappa shape index (κ2) is 9.79. The summed E-state index contributed by atoms with van der Waals surface area (Å²) < 4.78 is 0. The van der Waals surface area contributed by atoms with Crippen LogP contribution in [0.15, 0.2) is 0 Å². The Kier molecular flexibility index (Phi) is 8.42. The van der Waals surface area contributed by atoms with Crippen molar-refractivity contribution in [1.82, 2.24) is 20.0 Å². The largest absolute Gasteiger partial charge is 0.342 e. The molecule has 1 heterocycles. The fraction of sp³-hybridized carbons (Fsp3) is 0.875. The quantitative estimate of drug-likeness (QED) is 0.732. The minimum absolute atomic E-state index is 0.00820. The van der Waals surface area contributed by atoms with Gasteiger partial charge in [0.2, 0.25) is 11.8 Å². The molecule has 0 spiro atoms. The zero-order valence-electron chi connectivity index (χ0n) is 14.6. The Hall–Kier alpha value is -1.14. The molecule has 1 saturated heterocycles. The number of carbonyl (C=O) groups excluding carboxylic acids is 2. The van der Waals surface area contributed by atoms with Crippen LogP contribution < -0.4 is 5.32 Å². The maximum atomic E-state index is 12.4. The van der Waals surface area contributed by atoms with Crippen molar-refractivity contribution < 1.29 is 9.59 Å². The highest BCUT2D eigenvalue weighted by Gasteiger charge is 2.24. The zero-order chi connectivity index (χ0) is 16.5. The number of rotatable bonds is 7. The van der Waals surface area contributed by atoms with Crippen LogP contribution >= 0.6 is 0 Å². The molecule has 2 amide bonds. The Morgan fingerprint density at radius 1 is 1.14 bits per heavy atom. The number of amides is 2. The van der Waals surface area contributed by atoms with E-state index in [9.17, 15) is 9.59 Å². The van der Waals surface area contributed by atoms with Crippen LogP contribution in [0, 0.1) is 5.92 Å². The molecule has 0 aliphatic carbocycles. The van der Waals surface area contributed by atoms with Crippen molar-refractivity contribution in [3.63, 3.8) is 0 Å². The number of hydrogen-bond donors (Lipinski definition) is 1. The lowest BCUT2D eigenvalue weighted by Gasteiger charge is -2.26. The third kappa shape index (κ3) is 5.57. The van der Waals surface area contributed by atoms with E-state index in [1.54, 1.807) is 0 Å². The van der Waals surface area contributed by atoms with E-state index in [0.717, 1.165) is 45.7 Å². The van der Waals surface area contributed by atoms with Gasteiger partial charge in [0.25, 0.3) is 0 Å². The van der Waals surface area contributed by atoms with Crippen molar-refractivity contribution in [2.45, 2.75) is 27.2 Å². The average Bonchev–Trinajstić information content (AvgIpc) is 2.73. The average molecular weight is 312 g/mol. The molecular formula is C16H32N4O2. The van der Waals surface area contributed by atoms with Gasteiger partial charge in [-0.05, 0) is 27.3 Å². The summed E-state index contributed by atoms with van der Waals surface area (Å²) in [4.78, 5) is 30.5. The molecule has 0 bridgehead atoms. The molecule has 0 aromatic heterocycles. The molecule has 1 rings (SSSR count). The maximum absolute atomic E-state index is 12.4. The van der Waals surface area contributed by atoms with E-state index in [2.05, 4.69) is 10.2 Å². The van der Waals surface area contributed by atoms with Crippen LogP contribution in [-0.2, 0) is 9.59 Å². The summed E-state index contributed by atoms with van der Waals surface area (Å²) in [5.74, 6) is 0.411. The molecule has 1 N–H and O–H groups in total. The number of carbonyl (C=O) groups is 2. The monoisotopic (exact) mass is 312 g/mol. The first-order chi connectivity index (χ1) is 10.5. The molecular weight excluding hydrogens is 280 g/mol. The normalized spacial score (nSPS) is 17.9. The van der Waals surface area contributed by atoms with Crippen LogP contribution in [0.25, 0.3) is 0 Å². The van der Waals surface area contributed by atoms with E-state index in [0.29, 0.717) is 13.1 Å². The highest BCUT2D eigenvalue weighted by atomic mass is 16.2. The molecule has 0 radical (unpaired) electrons. The Morgan fingerprint density at radius 3 is 2.41 bits per heavy atom. The second-order valence-electron chi connectivity index (χ2n) is 5.98. The van der Waals surface area contributed by atoms with Gasteiger partial charge in [0.05, 0.1) is 6.54 Å². The second-order valence-corrected chi connectivity index (χ2v) is 5.98. The topological polar surface area (TPSA) is 55.9 Å². The standard InChI is InChI=1S/C16H32N4O2/c1-5-19(6-2)15(21)13-18-8-7-9-20(11-10-18)16(22)14(3)12-17-4/h14,17H,5-13H2,1-4H3. The number of likely N-dealkylation sites (N-methyl/N-ethyl adjacent to an activating group) is 1. The molecule has 6 nitrogen and oxygen atoms in total. The molecule has 128 valence electrons. The van der Waals surface area contributed by atoms with Crippen molar-refractivity contribution in [3.05, 3.63) is 0 Å². The van der Waals surface area contributed by atoms with Gasteiger partial charge in [-0.3, -0.25) is 14.5 Å². The molecule has 0 aromatic carbocycles. The molecule has 1 aliphatic heterocycles. The van der Waals surface area contributed by atoms with E-state index in [4.69, 9.17) is 0 Å². The summed E-state index contributed by atoms with van der Waals surface area (Å²) in [6.07, 6.45) is 0.934. The van der Waals surface area contributed by atoms with E-state index in [-0.39, 0.29) is 17.7 Å². The fourth-order valence-corrected chi connectivity index (χ4v) is 2.92. The van der Waals surface area contributed by atoms with Crippen LogP contribution in [-0.4, -0.2) is 85.9 Å². The Morgan fingerprint density at radius 2 is 1.82 bits per heavy atom. The first-order valence-corrected chi connectivity index (χ1v) is 8.46. The predicted octanol–water partition coefficient (Wildman–Crippen LogP) is 0.245. The van der Waals surface area contributed by atoms with Gasteiger partial charge in [0.15, 0.2) is 0 Å². The smallest absolute Gasteiger partial charge is 0.236 e. The Labute approximate surface area is 134 Å². The predicted molar refractivity (Wildman–Crippen MR) is 88.7 cm³/mol. The van der Waals surface area contributed by atoms with E-state index in [1.807, 2.05) is 37.6 Å². The van der Waals surface area contributed by atoms with Crippen LogP contribution in [0.4, 0.5) is 0 Å². The number of hydrogen-bond acceptors (Lipinski definition) is 4. The third-order valence-electron chi connectivity index (χ3n) is 4.31. The van der Waals surface area contributed by atoms with Gasteiger partial charge >= 0.3 is 0 Å². The van der Waals surface area contributed by atoms with Crippen molar-refractivity contribution in [1.29, 1.82) is 0 Å². The van der Waals surface area contributed by atoms with Crippen LogP contribution in [0.1, 0.15) is 27.2 Å². The summed E-state index contributed by atoms with van der Waals surface area (Å²) in [6, 6.07) is 0. The van der Waals surface area contributed by atoms with Crippen molar-refractivity contribution in [2.75, 3.05) is 59.4 Å². The van der Waals surface area contributed by atoms with E-state index in [1.165, 1.54) is 0 Å². The molecule has 1 atom stereocenters. The summed E-state index contributed by atoms with van der Waals surface area (Å²) in [5.41, 5.74) is 0. The lowest BCUT2D eigenvalue weighted by atomic mass is 10.1. The number of nitrogens with one attached hydrogen (secondary N) is 1. The molecule has 1 aliphatic rings. The van der Waals surface area contributed by atoms with E-state index < -0.39 is 0 Å². The highest BCUT2D eigenvalue weighted by Crippen LogP contribution is 2.08. The van der Waals surface area contributed by atoms with Gasteiger partial charge in [-0.15, -0.1) is 0 Å². The summed E-state index contributed by atoms with van der Waals surface area (Å²) in [5, 5.41) is 3.06. The molecule has 1 unspecified atom stereocenters. The Balaban J connectivity index is 2.48. The van der Waals surface area contributed by atoms with Crippen molar-refractivity contribution >= 4 is 11.8 Å². The van der Waals surface area contributed by atoms with Gasteiger partial charge in [0, 0.05) is 51.7 Å². The van der Waals surface area contributed by atoms with Gasteiger partial charge in [-0.2, -0.15) is 0 Å². The third-order valence-corrected chi connectivity index (χ3v) is 4.31. The molecule has 22 heavy (non-hydrogen) atoms. The fourth-order valence-electron chi connectivity index (χ4n) is 2.92. The minimum Gasteiger partial charge on any atom is -0.342 e. The van der Waals surface area contributed by atoms with Gasteiger partial charge in [-0.25, -0.2) is 0 Å². The summed E-state index contributed by atoms with van der Waals surface area (Å²) >= 11 is 0. The lowest BCUT2D eigenvalue weighted by Crippen LogP contribution is -2.43. The van der Waals surface area contributed by atoms with Gasteiger partial charge in [0.1, 0.15) is 0 Å². The SMILES string of the molecule is CCN(CC)C(=O)CN1CCCN(C(=O)C(C)CNC)CC1. The van der Waals surface area contributed by atoms with Crippen molar-refractivity contribution in [2.24, 2.45) is 5.92 Å². The van der Waals surface area contributed by atoms with Crippen LogP contribution in [0.2, 0.25) is 0 Å². The van der Waals surface area contributed by atoms with Crippen molar-refractivity contribution in [3.8, 4) is 0 Å². The summed E-state index contributed by atoms with van der Waals surface area (Å²) in [7, 11) is 1.87. The molecule has 0 saturated carbocycles. The highest BCUT2D eigenvalue weighted by molar-refractivity contribution is 5.79. The number of nitrogens with zero attached hydrogens (tertiary/aromatic N) is 3. The summed E-state index contributed by atoms with van der Waals surface area (Å²) in [6.45, 7) is 11.9. The van der Waals surface area contributed by atoms with Crippen LogP contribution in [0.3, 0.4) is 0 Å². The molecule has 6 heteroatoms. The lowest BCUT2D eigenvalue weighted by molar-refractivity contribution is -0.134. The maximum Gasteiger partial charge on any atom is 0.236 e. The van der Waals surface area contributed by atoms with Crippen LogP contribution in [0.5, 0.6) is 0 Å². The van der Waals surface area contributed by atoms with Gasteiger partial charge in [-0.1, -0.05) is 6.92 Å². The molecule has 0 aromatic rings. The first-order valence-electron chi connectivity index (χ1n) is 8.46. The minimum atomic E-state index is 0.00820. The first kappa shape index (κ1) is 18.9. The van der Waals surface area contributed by atoms with Gasteiger partial charge < -0.3 is 15.1 Å². The van der Waals surface area contributed by atoms with E-state index >= 15 is 0 Å². The molecule has 1 fully saturated rings. The Bertz CT molecular complexity index is 358.